The van der Waals surface area contributed by atoms with Gasteiger partial charge in [0.2, 0.25) is 0 Å². The van der Waals surface area contributed by atoms with Crippen LogP contribution in [0.1, 0.15) is 37.5 Å². The van der Waals surface area contributed by atoms with Crippen LogP contribution in [0, 0.1) is 0 Å². The van der Waals surface area contributed by atoms with E-state index in [1.54, 1.807) is 0 Å². The minimum Gasteiger partial charge on any atom is -0.340 e. The highest BCUT2D eigenvalue weighted by atomic mass is 32.1. The topological polar surface area (TPSA) is 15.3 Å². The molecule has 144 valence electrons. The number of nitrogens with zero attached hydrogens (tertiary/aromatic N) is 1. The second kappa shape index (κ2) is 9.03. The fourth-order valence-corrected chi connectivity index (χ4v) is 3.30. The molecule has 3 rings (SSSR count). The van der Waals surface area contributed by atoms with Gasteiger partial charge in [0, 0.05) is 18.8 Å². The van der Waals surface area contributed by atoms with Gasteiger partial charge in [-0.15, -0.1) is 0 Å². The molecular weight excluding hydrogens is 360 g/mol. The van der Waals surface area contributed by atoms with E-state index in [0.717, 1.165) is 23.9 Å². The largest absolute Gasteiger partial charge is 0.340 e. The SMILES string of the molecule is CC(C)(C)c1ccc(CN(Cc2ccccc2)C(=S)Nc2ccccc2)cc1. The van der Waals surface area contributed by atoms with Crippen molar-refractivity contribution in [3.8, 4) is 0 Å². The number of hydrogen-bond donors (Lipinski definition) is 1. The van der Waals surface area contributed by atoms with Crippen molar-refractivity contribution in [1.82, 2.24) is 4.90 Å². The van der Waals surface area contributed by atoms with Crippen molar-refractivity contribution in [2.24, 2.45) is 0 Å². The summed E-state index contributed by atoms with van der Waals surface area (Å²) in [6.07, 6.45) is 0. The van der Waals surface area contributed by atoms with Crippen LogP contribution in [-0.2, 0) is 18.5 Å². The molecule has 3 aromatic rings. The third-order valence-corrected chi connectivity index (χ3v) is 5.08. The summed E-state index contributed by atoms with van der Waals surface area (Å²) in [5.74, 6) is 0. The summed E-state index contributed by atoms with van der Waals surface area (Å²) in [5.41, 5.74) is 5.00. The van der Waals surface area contributed by atoms with Gasteiger partial charge >= 0.3 is 0 Å². The van der Waals surface area contributed by atoms with E-state index >= 15 is 0 Å². The van der Waals surface area contributed by atoms with E-state index in [0.29, 0.717) is 0 Å². The van der Waals surface area contributed by atoms with Crippen LogP contribution in [0.15, 0.2) is 84.9 Å². The van der Waals surface area contributed by atoms with Crippen LogP contribution in [0.3, 0.4) is 0 Å². The van der Waals surface area contributed by atoms with Crippen molar-refractivity contribution in [3.05, 3.63) is 102 Å². The van der Waals surface area contributed by atoms with Crippen molar-refractivity contribution in [2.45, 2.75) is 39.3 Å². The van der Waals surface area contributed by atoms with E-state index in [1.165, 1.54) is 16.7 Å². The minimum absolute atomic E-state index is 0.159. The van der Waals surface area contributed by atoms with E-state index in [1.807, 2.05) is 36.4 Å². The molecule has 0 saturated heterocycles. The first-order valence-corrected chi connectivity index (χ1v) is 10.1. The van der Waals surface area contributed by atoms with Crippen molar-refractivity contribution in [1.29, 1.82) is 0 Å². The summed E-state index contributed by atoms with van der Waals surface area (Å²) >= 11 is 5.76. The number of nitrogens with one attached hydrogen (secondary N) is 1. The molecule has 0 radical (unpaired) electrons. The number of hydrogen-bond acceptors (Lipinski definition) is 1. The molecule has 3 aromatic carbocycles. The van der Waals surface area contributed by atoms with Gasteiger partial charge < -0.3 is 10.2 Å². The van der Waals surface area contributed by atoms with Gasteiger partial charge in [-0.1, -0.05) is 93.6 Å². The van der Waals surface area contributed by atoms with Crippen molar-refractivity contribution in [3.63, 3.8) is 0 Å². The van der Waals surface area contributed by atoms with E-state index < -0.39 is 0 Å². The predicted molar refractivity (Wildman–Crippen MR) is 123 cm³/mol. The van der Waals surface area contributed by atoms with Gasteiger partial charge in [-0.05, 0) is 46.5 Å². The summed E-state index contributed by atoms with van der Waals surface area (Å²) in [6.45, 7) is 8.24. The Balaban J connectivity index is 1.78. The van der Waals surface area contributed by atoms with E-state index in [-0.39, 0.29) is 5.41 Å². The third kappa shape index (κ3) is 5.67. The van der Waals surface area contributed by atoms with Crippen LogP contribution >= 0.6 is 12.2 Å². The van der Waals surface area contributed by atoms with Crippen LogP contribution in [0.2, 0.25) is 0 Å². The summed E-state index contributed by atoms with van der Waals surface area (Å²) in [7, 11) is 0. The monoisotopic (exact) mass is 388 g/mol. The molecule has 0 aliphatic carbocycles. The Labute approximate surface area is 174 Å². The molecular formula is C25H28N2S. The first-order chi connectivity index (χ1) is 13.4. The Morgan fingerprint density at radius 3 is 1.79 bits per heavy atom. The Kier molecular flexibility index (Phi) is 6.48. The highest BCUT2D eigenvalue weighted by Crippen LogP contribution is 2.23. The van der Waals surface area contributed by atoms with Crippen molar-refractivity contribution in [2.75, 3.05) is 5.32 Å². The summed E-state index contributed by atoms with van der Waals surface area (Å²) in [5, 5.41) is 4.11. The zero-order chi connectivity index (χ0) is 20.0. The van der Waals surface area contributed by atoms with Crippen molar-refractivity contribution >= 4 is 23.0 Å². The fourth-order valence-electron chi connectivity index (χ4n) is 3.06. The average molecular weight is 389 g/mol. The molecule has 0 spiro atoms. The predicted octanol–water partition coefficient (Wildman–Crippen LogP) is 6.38. The lowest BCUT2D eigenvalue weighted by Crippen LogP contribution is -2.33. The third-order valence-electron chi connectivity index (χ3n) is 4.72. The zero-order valence-corrected chi connectivity index (χ0v) is 17.7. The minimum atomic E-state index is 0.159. The smallest absolute Gasteiger partial charge is 0.174 e. The molecule has 2 nitrogen and oxygen atoms in total. The average Bonchev–Trinajstić information content (AvgIpc) is 2.69. The van der Waals surface area contributed by atoms with E-state index in [2.05, 4.69) is 79.5 Å². The maximum atomic E-state index is 5.76. The molecule has 0 atom stereocenters. The lowest BCUT2D eigenvalue weighted by molar-refractivity contribution is 0.412. The maximum Gasteiger partial charge on any atom is 0.174 e. The molecule has 0 unspecified atom stereocenters. The van der Waals surface area contributed by atoms with Gasteiger partial charge in [0.1, 0.15) is 0 Å². The number of anilines is 1. The zero-order valence-electron chi connectivity index (χ0n) is 16.9. The molecule has 0 saturated carbocycles. The maximum absolute atomic E-state index is 5.76. The van der Waals surface area contributed by atoms with Crippen LogP contribution < -0.4 is 5.32 Å². The first kappa shape index (κ1) is 20.1. The molecule has 0 aliphatic heterocycles. The molecule has 28 heavy (non-hydrogen) atoms. The molecule has 0 amide bonds. The lowest BCUT2D eigenvalue weighted by Gasteiger charge is -2.27. The lowest BCUT2D eigenvalue weighted by atomic mass is 9.87. The number of rotatable bonds is 5. The number of thiocarbonyl (C=S) groups is 1. The molecule has 0 fully saturated rings. The first-order valence-electron chi connectivity index (χ1n) is 9.66. The second-order valence-electron chi connectivity index (χ2n) is 8.08. The van der Waals surface area contributed by atoms with Crippen LogP contribution in [0.5, 0.6) is 0 Å². The van der Waals surface area contributed by atoms with Gasteiger partial charge in [0.15, 0.2) is 5.11 Å². The molecule has 0 aliphatic rings. The van der Waals surface area contributed by atoms with Crippen LogP contribution in [-0.4, -0.2) is 10.0 Å². The summed E-state index contributed by atoms with van der Waals surface area (Å²) in [6, 6.07) is 29.4. The molecule has 0 heterocycles. The fraction of sp³-hybridized carbons (Fsp3) is 0.240. The Bertz CT molecular complexity index is 881. The number of para-hydroxylation sites is 1. The number of benzene rings is 3. The molecule has 0 aromatic heterocycles. The van der Waals surface area contributed by atoms with Crippen molar-refractivity contribution < 1.29 is 0 Å². The van der Waals surface area contributed by atoms with E-state index in [4.69, 9.17) is 12.2 Å². The summed E-state index contributed by atoms with van der Waals surface area (Å²) in [4.78, 5) is 2.21. The van der Waals surface area contributed by atoms with Gasteiger partial charge in [0.25, 0.3) is 0 Å². The molecule has 0 bridgehead atoms. The van der Waals surface area contributed by atoms with Crippen LogP contribution in [0.4, 0.5) is 5.69 Å². The molecule has 3 heteroatoms. The Hall–Kier alpha value is -2.65. The normalized spacial score (nSPS) is 11.1. The van der Waals surface area contributed by atoms with Gasteiger partial charge in [-0.2, -0.15) is 0 Å². The highest BCUT2D eigenvalue weighted by Gasteiger charge is 2.15. The van der Waals surface area contributed by atoms with E-state index in [9.17, 15) is 0 Å². The van der Waals surface area contributed by atoms with Crippen LogP contribution in [0.25, 0.3) is 0 Å². The standard InChI is InChI=1S/C25H28N2S/c1-25(2,3)22-16-14-21(15-17-22)19-27(18-20-10-6-4-7-11-20)24(28)26-23-12-8-5-9-13-23/h4-17H,18-19H2,1-3H3,(H,26,28). The Morgan fingerprint density at radius 1 is 0.750 bits per heavy atom. The van der Waals surface area contributed by atoms with Gasteiger partial charge in [-0.25, -0.2) is 0 Å². The van der Waals surface area contributed by atoms with Gasteiger partial charge in [-0.3, -0.25) is 0 Å². The highest BCUT2D eigenvalue weighted by molar-refractivity contribution is 7.80. The molecule has 1 N–H and O–H groups in total. The Morgan fingerprint density at radius 2 is 1.25 bits per heavy atom. The van der Waals surface area contributed by atoms with Gasteiger partial charge in [0.05, 0.1) is 0 Å². The summed E-state index contributed by atoms with van der Waals surface area (Å²) < 4.78 is 0. The second-order valence-corrected chi connectivity index (χ2v) is 8.47. The quantitative estimate of drug-likeness (QED) is 0.510.